The van der Waals surface area contributed by atoms with Crippen LogP contribution in [0, 0.1) is 6.92 Å². The highest BCUT2D eigenvalue weighted by Gasteiger charge is 2.16. The summed E-state index contributed by atoms with van der Waals surface area (Å²) in [6, 6.07) is 23.6. The van der Waals surface area contributed by atoms with E-state index in [9.17, 15) is 14.4 Å². The van der Waals surface area contributed by atoms with Gasteiger partial charge in [0, 0.05) is 26.9 Å². The number of amides is 2. The number of benzene rings is 4. The van der Waals surface area contributed by atoms with Crippen LogP contribution < -0.4 is 20.2 Å². The number of hydrazone groups is 1. The molecule has 0 atom stereocenters. The van der Waals surface area contributed by atoms with Crippen LogP contribution in [0.1, 0.15) is 42.2 Å². The van der Waals surface area contributed by atoms with Gasteiger partial charge in [0.05, 0.1) is 23.4 Å². The van der Waals surface area contributed by atoms with Gasteiger partial charge in [0.25, 0.3) is 11.8 Å². The average Bonchev–Trinajstić information content (AvgIpc) is 2.95. The van der Waals surface area contributed by atoms with Crippen LogP contribution in [-0.4, -0.2) is 31.1 Å². The molecule has 0 heterocycles. The Kier molecular flexibility index (Phi) is 9.47. The zero-order chi connectivity index (χ0) is 28.6. The molecule has 0 aliphatic carbocycles. The van der Waals surface area contributed by atoms with Crippen LogP contribution in [-0.2, 0) is 0 Å². The Morgan fingerprint density at radius 3 is 2.23 bits per heavy atom. The lowest BCUT2D eigenvalue weighted by molar-refractivity contribution is 0.0732. The Hall–Kier alpha value is -4.28. The van der Waals surface area contributed by atoms with Gasteiger partial charge in [0.1, 0.15) is 5.75 Å². The predicted molar refractivity (Wildman–Crippen MR) is 160 cm³/mol. The maximum atomic E-state index is 12.8. The molecule has 0 saturated heterocycles. The number of aryl methyl sites for hydroxylation is 1. The number of rotatable bonds is 8. The first kappa shape index (κ1) is 28.7. The van der Waals surface area contributed by atoms with Crippen LogP contribution in [0.25, 0.3) is 0 Å². The first-order valence-corrected chi connectivity index (χ1v) is 13.5. The fourth-order valence-electron chi connectivity index (χ4n) is 3.53. The van der Waals surface area contributed by atoms with Gasteiger partial charge in [-0.15, -0.1) is 0 Å². The minimum Gasteiger partial charge on any atom is -0.497 e. The fraction of sp³-hybridized carbons (Fsp3) is 0.0667. The summed E-state index contributed by atoms with van der Waals surface area (Å²) in [5.41, 5.74) is 5.50. The molecule has 0 fully saturated rings. The number of methoxy groups -OCH3 is 1. The minimum absolute atomic E-state index is 0.245. The molecule has 0 bridgehead atoms. The van der Waals surface area contributed by atoms with Gasteiger partial charge in [-0.3, -0.25) is 9.59 Å². The van der Waals surface area contributed by atoms with Crippen molar-refractivity contribution in [3.05, 3.63) is 122 Å². The number of hydrogen-bond acceptors (Lipinski definition) is 6. The van der Waals surface area contributed by atoms with Crippen LogP contribution >= 0.6 is 31.9 Å². The second-order valence-corrected chi connectivity index (χ2v) is 10.3. The molecule has 8 nitrogen and oxygen atoms in total. The molecule has 202 valence electrons. The van der Waals surface area contributed by atoms with Crippen molar-refractivity contribution in [2.24, 2.45) is 5.10 Å². The molecule has 0 spiro atoms. The Balaban J connectivity index is 1.44. The third-order valence-corrected chi connectivity index (χ3v) is 6.67. The maximum absolute atomic E-state index is 12.8. The van der Waals surface area contributed by atoms with Gasteiger partial charge in [-0.1, -0.05) is 39.7 Å². The lowest BCUT2D eigenvalue weighted by atomic mass is 10.1. The standard InChI is InChI=1S/C30H23Br2N3O5/c1-18-6-8-20(9-7-18)30(38)40-27-22(14-23(31)16-26(27)32)17-33-35-29(37)21-4-3-5-24(15-21)34-28(36)19-10-12-25(39-2)13-11-19/h3-17H,1-2H3,(H,34,36)(H,35,37). The summed E-state index contributed by atoms with van der Waals surface area (Å²) < 4.78 is 12.0. The number of carbonyl (C=O) groups is 3. The number of nitrogens with zero attached hydrogens (tertiary/aromatic N) is 1. The van der Waals surface area contributed by atoms with E-state index in [4.69, 9.17) is 9.47 Å². The van der Waals surface area contributed by atoms with E-state index < -0.39 is 11.9 Å². The average molecular weight is 665 g/mol. The summed E-state index contributed by atoms with van der Waals surface area (Å²) in [7, 11) is 1.55. The number of halogens is 2. The molecule has 4 aromatic carbocycles. The van der Waals surface area contributed by atoms with Gasteiger partial charge in [0.2, 0.25) is 0 Å². The van der Waals surface area contributed by atoms with E-state index in [0.29, 0.717) is 37.1 Å². The van der Waals surface area contributed by atoms with Crippen LogP contribution in [0.2, 0.25) is 0 Å². The van der Waals surface area contributed by atoms with E-state index in [0.717, 1.165) is 5.56 Å². The molecule has 0 aliphatic heterocycles. The Labute approximate surface area is 247 Å². The molecule has 40 heavy (non-hydrogen) atoms. The van der Waals surface area contributed by atoms with Gasteiger partial charge in [0.15, 0.2) is 5.75 Å². The first-order chi connectivity index (χ1) is 19.2. The number of nitrogens with one attached hydrogen (secondary N) is 2. The van der Waals surface area contributed by atoms with Gasteiger partial charge in [-0.2, -0.15) is 5.10 Å². The second kappa shape index (κ2) is 13.2. The zero-order valence-electron chi connectivity index (χ0n) is 21.4. The maximum Gasteiger partial charge on any atom is 0.343 e. The molecule has 0 aromatic heterocycles. The highest BCUT2D eigenvalue weighted by molar-refractivity contribution is 9.11. The fourth-order valence-corrected chi connectivity index (χ4v) is 4.87. The van der Waals surface area contributed by atoms with E-state index in [2.05, 4.69) is 47.7 Å². The smallest absolute Gasteiger partial charge is 0.343 e. The number of anilines is 1. The number of esters is 1. The molecule has 2 N–H and O–H groups in total. The summed E-state index contributed by atoms with van der Waals surface area (Å²) >= 11 is 6.84. The van der Waals surface area contributed by atoms with Crippen molar-refractivity contribution in [3.63, 3.8) is 0 Å². The number of hydrogen-bond donors (Lipinski definition) is 2. The number of carbonyl (C=O) groups excluding carboxylic acids is 3. The summed E-state index contributed by atoms with van der Waals surface area (Å²) in [4.78, 5) is 38.0. The van der Waals surface area contributed by atoms with Gasteiger partial charge >= 0.3 is 5.97 Å². The highest BCUT2D eigenvalue weighted by Crippen LogP contribution is 2.32. The quantitative estimate of drug-likeness (QED) is 0.0937. The SMILES string of the molecule is COc1ccc(C(=O)Nc2cccc(C(=O)NN=Cc3cc(Br)cc(Br)c3OC(=O)c3ccc(C)cc3)c2)cc1. The molecule has 4 aromatic rings. The van der Waals surface area contributed by atoms with E-state index >= 15 is 0 Å². The molecule has 0 saturated carbocycles. The van der Waals surface area contributed by atoms with Crippen molar-refractivity contribution in [1.29, 1.82) is 0 Å². The molecule has 4 rings (SSSR count). The summed E-state index contributed by atoms with van der Waals surface area (Å²) in [5, 5.41) is 6.82. The third-order valence-electron chi connectivity index (χ3n) is 5.62. The molecule has 0 unspecified atom stereocenters. The molecule has 0 aliphatic rings. The predicted octanol–water partition coefficient (Wildman–Crippen LogP) is 6.76. The van der Waals surface area contributed by atoms with Crippen molar-refractivity contribution >= 4 is 61.5 Å². The largest absolute Gasteiger partial charge is 0.497 e. The Bertz CT molecular complexity index is 1590. The van der Waals surface area contributed by atoms with Gasteiger partial charge in [-0.05, 0) is 89.6 Å². The monoisotopic (exact) mass is 663 g/mol. The van der Waals surface area contributed by atoms with Crippen molar-refractivity contribution in [2.75, 3.05) is 12.4 Å². The van der Waals surface area contributed by atoms with Crippen LogP contribution in [0.15, 0.2) is 99.0 Å². The summed E-state index contributed by atoms with van der Waals surface area (Å²) in [5.74, 6) is -0.469. The van der Waals surface area contributed by atoms with Crippen LogP contribution in [0.5, 0.6) is 11.5 Å². The molecular formula is C30H23Br2N3O5. The van der Waals surface area contributed by atoms with E-state index in [-0.39, 0.29) is 17.2 Å². The van der Waals surface area contributed by atoms with E-state index in [1.807, 2.05) is 19.1 Å². The second-order valence-electron chi connectivity index (χ2n) is 8.52. The van der Waals surface area contributed by atoms with Crippen LogP contribution in [0.4, 0.5) is 5.69 Å². The summed E-state index contributed by atoms with van der Waals surface area (Å²) in [6.07, 6.45) is 1.38. The number of ether oxygens (including phenoxy) is 2. The normalized spacial score (nSPS) is 10.7. The Morgan fingerprint density at radius 1 is 0.825 bits per heavy atom. The topological polar surface area (TPSA) is 106 Å². The van der Waals surface area contributed by atoms with Crippen molar-refractivity contribution < 1.29 is 23.9 Å². The molecule has 10 heteroatoms. The first-order valence-electron chi connectivity index (χ1n) is 11.9. The summed E-state index contributed by atoms with van der Waals surface area (Å²) in [6.45, 7) is 1.93. The molecular weight excluding hydrogens is 642 g/mol. The lowest BCUT2D eigenvalue weighted by Crippen LogP contribution is -2.18. The van der Waals surface area contributed by atoms with Gasteiger partial charge < -0.3 is 14.8 Å². The Morgan fingerprint density at radius 2 is 1.52 bits per heavy atom. The van der Waals surface area contributed by atoms with Crippen molar-refractivity contribution in [3.8, 4) is 11.5 Å². The van der Waals surface area contributed by atoms with Crippen molar-refractivity contribution in [1.82, 2.24) is 5.43 Å². The minimum atomic E-state index is -0.532. The molecule has 0 radical (unpaired) electrons. The van der Waals surface area contributed by atoms with Crippen LogP contribution in [0.3, 0.4) is 0 Å². The van der Waals surface area contributed by atoms with Crippen molar-refractivity contribution in [2.45, 2.75) is 6.92 Å². The highest BCUT2D eigenvalue weighted by atomic mass is 79.9. The zero-order valence-corrected chi connectivity index (χ0v) is 24.6. The van der Waals surface area contributed by atoms with Gasteiger partial charge in [-0.25, -0.2) is 10.2 Å². The molecule has 2 amide bonds. The lowest BCUT2D eigenvalue weighted by Gasteiger charge is -2.11. The third kappa shape index (κ3) is 7.43. The van der Waals surface area contributed by atoms with E-state index in [1.165, 1.54) is 12.3 Å². The van der Waals surface area contributed by atoms with E-state index in [1.54, 1.807) is 73.8 Å².